The van der Waals surface area contributed by atoms with Crippen molar-refractivity contribution < 1.29 is 16.4 Å². The first-order valence-electron chi connectivity index (χ1n) is 10.4. The summed E-state index contributed by atoms with van der Waals surface area (Å²) >= 11 is 0. The van der Waals surface area contributed by atoms with Crippen LogP contribution in [0.1, 0.15) is 28.0 Å². The van der Waals surface area contributed by atoms with Crippen molar-refractivity contribution in [2.75, 3.05) is 7.05 Å². The molecule has 3 N–H and O–H groups in total. The number of rotatable bonds is 7. The van der Waals surface area contributed by atoms with Crippen LogP contribution in [0.2, 0.25) is 0 Å². The van der Waals surface area contributed by atoms with Gasteiger partial charge in [-0.2, -0.15) is 0 Å². The number of nitrogens with one attached hydrogen (secondary N) is 1. The Kier molecular flexibility index (Phi) is 6.52. The van der Waals surface area contributed by atoms with Crippen LogP contribution in [0.25, 0.3) is 34.2 Å². The lowest BCUT2D eigenvalue weighted by Crippen LogP contribution is -2.12. The fourth-order valence-corrected chi connectivity index (χ4v) is 4.07. The van der Waals surface area contributed by atoms with Gasteiger partial charge < -0.3 is 9.73 Å². The molecule has 0 radical (unpaired) electrons. The van der Waals surface area contributed by atoms with Gasteiger partial charge in [-0.05, 0) is 51.6 Å². The second-order valence-electron chi connectivity index (χ2n) is 7.88. The topological polar surface area (TPSA) is 130 Å². The van der Waals surface area contributed by atoms with E-state index in [4.69, 9.17) is 4.42 Å². The van der Waals surface area contributed by atoms with Crippen molar-refractivity contribution >= 4 is 10.6 Å². The summed E-state index contributed by atoms with van der Waals surface area (Å²) in [4.78, 5) is 13.0. The maximum Gasteiger partial charge on any atom is 0.250 e. The molecule has 1 aromatic carbocycles. The number of aryl methyl sites for hydroxylation is 1. The van der Waals surface area contributed by atoms with E-state index in [1.165, 1.54) is 12.4 Å². The first-order chi connectivity index (χ1) is 15.8. The molecule has 0 spiro atoms. The fraction of sp³-hybridized carbons (Fsp3) is 0.261. The van der Waals surface area contributed by atoms with Gasteiger partial charge in [0.2, 0.25) is 11.8 Å². The highest BCUT2D eigenvalue weighted by molar-refractivity contribution is 8.24. The third-order valence-corrected chi connectivity index (χ3v) is 7.35. The molecule has 0 aliphatic heterocycles. The van der Waals surface area contributed by atoms with Crippen molar-refractivity contribution in [2.45, 2.75) is 37.6 Å². The minimum atomic E-state index is -2.99. The molecular formula is C23H30N6O3S. The second-order valence-corrected chi connectivity index (χ2v) is 10.4. The lowest BCUT2D eigenvalue weighted by Gasteiger charge is -2.34. The molecular weight excluding hydrogens is 440 g/mol. The molecule has 4 aromatic rings. The molecule has 33 heavy (non-hydrogen) atoms. The number of nitrogens with zero attached hydrogens (tertiary/aromatic N) is 5. The molecule has 3 heterocycles. The van der Waals surface area contributed by atoms with E-state index in [2.05, 4.69) is 30.5 Å². The molecule has 3 aromatic heterocycles. The van der Waals surface area contributed by atoms with Crippen LogP contribution in [0.15, 0.2) is 58.4 Å². The van der Waals surface area contributed by atoms with Gasteiger partial charge in [-0.1, -0.05) is 12.1 Å². The molecule has 10 heteroatoms. The minimum absolute atomic E-state index is 0. The van der Waals surface area contributed by atoms with Gasteiger partial charge in [-0.15, -0.1) is 20.8 Å². The smallest absolute Gasteiger partial charge is 0.250 e. The molecule has 4 rings (SSSR count). The SMILES string of the molecule is CNCc1ccc(-c2nnc(-c3cc(-c4cnc(S(O)(O)C(C)C)cn4)cnc3C)o2)cc1.[HH].[HH]. The van der Waals surface area contributed by atoms with Crippen molar-refractivity contribution in [2.24, 2.45) is 0 Å². The van der Waals surface area contributed by atoms with Gasteiger partial charge >= 0.3 is 0 Å². The van der Waals surface area contributed by atoms with Crippen LogP contribution >= 0.6 is 10.6 Å². The highest BCUT2D eigenvalue weighted by Crippen LogP contribution is 2.50. The zero-order chi connectivity index (χ0) is 23.6. The zero-order valence-corrected chi connectivity index (χ0v) is 19.7. The van der Waals surface area contributed by atoms with E-state index < -0.39 is 10.6 Å². The Bertz CT molecular complexity index is 1250. The Hall–Kier alpha value is -3.18. The summed E-state index contributed by atoms with van der Waals surface area (Å²) in [6.45, 7) is 6.11. The quantitative estimate of drug-likeness (QED) is 0.329. The van der Waals surface area contributed by atoms with Crippen molar-refractivity contribution in [1.82, 2.24) is 30.5 Å². The Morgan fingerprint density at radius 2 is 1.70 bits per heavy atom. The Balaban J connectivity index is 0.00000216. The first kappa shape index (κ1) is 23.0. The van der Waals surface area contributed by atoms with Crippen LogP contribution in [0, 0.1) is 6.92 Å². The fourth-order valence-electron chi connectivity index (χ4n) is 3.17. The predicted molar refractivity (Wildman–Crippen MR) is 132 cm³/mol. The number of aromatic nitrogens is 5. The highest BCUT2D eigenvalue weighted by Gasteiger charge is 2.22. The molecule has 0 amide bonds. The summed E-state index contributed by atoms with van der Waals surface area (Å²) in [6, 6.07) is 9.79. The molecule has 0 saturated heterocycles. The Labute approximate surface area is 196 Å². The molecule has 9 nitrogen and oxygen atoms in total. The van der Waals surface area contributed by atoms with Gasteiger partial charge in [-0.3, -0.25) is 19.1 Å². The number of hydrogen-bond acceptors (Lipinski definition) is 9. The molecule has 176 valence electrons. The summed E-state index contributed by atoms with van der Waals surface area (Å²) in [5.74, 6) is 0.781. The number of benzene rings is 1. The summed E-state index contributed by atoms with van der Waals surface area (Å²) in [7, 11) is -1.08. The second kappa shape index (κ2) is 9.36. The molecule has 0 aliphatic carbocycles. The number of pyridine rings is 1. The van der Waals surface area contributed by atoms with E-state index in [-0.39, 0.29) is 13.1 Å². The molecule has 0 saturated carbocycles. The van der Waals surface area contributed by atoms with E-state index in [0.29, 0.717) is 28.6 Å². The van der Waals surface area contributed by atoms with Gasteiger partial charge in [0.15, 0.2) is 5.03 Å². The molecule has 0 atom stereocenters. The standard InChI is InChI=1S/C23H26N6O3S.2H2/c1-14(2)33(30,31)21-13-26-20(12-27-21)18-9-19(15(3)25-11-18)23-29-28-22(32-23)17-7-5-16(6-8-17)10-24-4;;/h5-9,11-14,24,30-31H,10H2,1-4H3;2*1H. The van der Waals surface area contributed by atoms with Crippen LogP contribution in [0.3, 0.4) is 0 Å². The third kappa shape index (κ3) is 4.79. The van der Waals surface area contributed by atoms with E-state index in [9.17, 15) is 9.11 Å². The Morgan fingerprint density at radius 3 is 2.33 bits per heavy atom. The largest absolute Gasteiger partial charge is 0.416 e. The van der Waals surface area contributed by atoms with E-state index in [0.717, 1.165) is 23.4 Å². The van der Waals surface area contributed by atoms with Crippen LogP contribution in [0.5, 0.6) is 0 Å². The summed E-state index contributed by atoms with van der Waals surface area (Å²) in [6.07, 6.45) is 4.58. The monoisotopic (exact) mass is 470 g/mol. The molecule has 0 aliphatic rings. The average molecular weight is 471 g/mol. The van der Waals surface area contributed by atoms with E-state index in [1.807, 2.05) is 44.3 Å². The van der Waals surface area contributed by atoms with Gasteiger partial charge in [0.05, 0.1) is 23.7 Å². The summed E-state index contributed by atoms with van der Waals surface area (Å²) < 4.78 is 26.5. The molecule has 0 fully saturated rings. The summed E-state index contributed by atoms with van der Waals surface area (Å²) in [5, 5.41) is 11.3. The highest BCUT2D eigenvalue weighted by atomic mass is 32.3. The average Bonchev–Trinajstić information content (AvgIpc) is 3.30. The maximum absolute atomic E-state index is 10.3. The third-order valence-electron chi connectivity index (χ3n) is 5.21. The van der Waals surface area contributed by atoms with E-state index >= 15 is 0 Å². The van der Waals surface area contributed by atoms with Crippen LogP contribution in [0.4, 0.5) is 0 Å². The van der Waals surface area contributed by atoms with E-state index in [1.54, 1.807) is 20.0 Å². The van der Waals surface area contributed by atoms with Crippen molar-refractivity contribution in [3.05, 3.63) is 60.2 Å². The Morgan fingerprint density at radius 1 is 0.970 bits per heavy atom. The van der Waals surface area contributed by atoms with Crippen molar-refractivity contribution in [3.8, 4) is 34.2 Å². The van der Waals surface area contributed by atoms with Crippen LogP contribution in [-0.4, -0.2) is 46.6 Å². The zero-order valence-electron chi connectivity index (χ0n) is 18.9. The van der Waals surface area contributed by atoms with Gasteiger partial charge in [0.25, 0.3) is 0 Å². The van der Waals surface area contributed by atoms with Gasteiger partial charge in [0, 0.05) is 37.7 Å². The first-order valence-corrected chi connectivity index (χ1v) is 12.0. The van der Waals surface area contributed by atoms with Crippen molar-refractivity contribution in [3.63, 3.8) is 0 Å². The van der Waals surface area contributed by atoms with Gasteiger partial charge in [0.1, 0.15) is 0 Å². The maximum atomic E-state index is 10.3. The van der Waals surface area contributed by atoms with Crippen LogP contribution in [-0.2, 0) is 6.54 Å². The summed E-state index contributed by atoms with van der Waals surface area (Å²) in [5.41, 5.74) is 4.67. The van der Waals surface area contributed by atoms with Gasteiger partial charge in [-0.25, -0.2) is 4.98 Å². The predicted octanol–water partition coefficient (Wildman–Crippen LogP) is 5.29. The minimum Gasteiger partial charge on any atom is -0.416 e. The molecule has 0 bridgehead atoms. The molecule has 0 unspecified atom stereocenters. The lowest BCUT2D eigenvalue weighted by atomic mass is 10.1. The van der Waals surface area contributed by atoms with Crippen LogP contribution < -0.4 is 5.32 Å². The lowest BCUT2D eigenvalue weighted by molar-refractivity contribution is 0.471. The van der Waals surface area contributed by atoms with Crippen molar-refractivity contribution in [1.29, 1.82) is 0 Å². The normalized spacial score (nSPS) is 12.3. The number of hydrogen-bond donors (Lipinski definition) is 3.